The molecular formula is C52H42N2. The van der Waals surface area contributed by atoms with Gasteiger partial charge in [0.05, 0.1) is 22.1 Å². The minimum atomic E-state index is 1.10. The average molecular weight is 695 g/mol. The molecule has 0 saturated carbocycles. The van der Waals surface area contributed by atoms with Crippen molar-refractivity contribution in [3.05, 3.63) is 200 Å². The van der Waals surface area contributed by atoms with E-state index in [0.717, 1.165) is 24.2 Å². The number of benzene rings is 7. The summed E-state index contributed by atoms with van der Waals surface area (Å²) in [4.78, 5) is 0. The van der Waals surface area contributed by atoms with Crippen LogP contribution in [-0.2, 0) is 0 Å². The number of nitrogens with zero attached hydrogens (tertiary/aromatic N) is 2. The molecule has 260 valence electrons. The monoisotopic (exact) mass is 694 g/mol. The lowest BCUT2D eigenvalue weighted by Crippen LogP contribution is -1.95. The Morgan fingerprint density at radius 3 is 1.63 bits per heavy atom. The molecule has 0 spiro atoms. The highest BCUT2D eigenvalue weighted by atomic mass is 15.0. The molecule has 0 unspecified atom stereocenters. The van der Waals surface area contributed by atoms with Crippen molar-refractivity contribution in [3.8, 4) is 33.6 Å². The van der Waals surface area contributed by atoms with Gasteiger partial charge in [0.25, 0.3) is 0 Å². The first kappa shape index (κ1) is 33.2. The Balaban J connectivity index is 1.14. The second-order valence-corrected chi connectivity index (χ2v) is 14.0. The molecule has 0 N–H and O–H groups in total. The highest BCUT2D eigenvalue weighted by Gasteiger charge is 2.16. The van der Waals surface area contributed by atoms with Crippen molar-refractivity contribution in [2.75, 3.05) is 0 Å². The van der Waals surface area contributed by atoms with Gasteiger partial charge in [-0.25, -0.2) is 0 Å². The number of unbranched alkanes of at least 4 members (excludes halogenated alkanes) is 1. The second-order valence-electron chi connectivity index (χ2n) is 14.0. The minimum Gasteiger partial charge on any atom is -0.309 e. The van der Waals surface area contributed by atoms with Crippen molar-refractivity contribution in [2.45, 2.75) is 26.7 Å². The number of hydrogen-bond donors (Lipinski definition) is 0. The fraction of sp³-hybridized carbons (Fsp3) is 0.0769. The predicted molar refractivity (Wildman–Crippen MR) is 233 cm³/mol. The molecule has 2 heteroatoms. The largest absolute Gasteiger partial charge is 0.309 e. The summed E-state index contributed by atoms with van der Waals surface area (Å²) in [7, 11) is 0. The van der Waals surface area contributed by atoms with Crippen LogP contribution in [0.5, 0.6) is 0 Å². The van der Waals surface area contributed by atoms with Crippen LogP contribution in [0, 0.1) is 0 Å². The first-order valence-electron chi connectivity index (χ1n) is 19.0. The number of fused-ring (bicyclic) bond motifs is 6. The minimum absolute atomic E-state index is 1.10. The Kier molecular flexibility index (Phi) is 8.86. The molecule has 0 saturated heterocycles. The van der Waals surface area contributed by atoms with Crippen LogP contribution in [0.15, 0.2) is 194 Å². The van der Waals surface area contributed by atoms with Gasteiger partial charge in [0.2, 0.25) is 0 Å². The van der Waals surface area contributed by atoms with Gasteiger partial charge in [-0.15, -0.1) is 0 Å². The van der Waals surface area contributed by atoms with Crippen LogP contribution in [0.4, 0.5) is 0 Å². The van der Waals surface area contributed by atoms with Crippen LogP contribution >= 0.6 is 0 Å². The SMILES string of the molecule is C\C=C(/C=C\C=C\CCC)c1cccc(-n2c3ccccc3c3cc(-c4ccc5c(c4)c4ccccc4n5-c4cccc(-c5ccccc5)c4)ccc32)c1. The van der Waals surface area contributed by atoms with Crippen LogP contribution in [0.25, 0.3) is 82.8 Å². The van der Waals surface area contributed by atoms with Crippen molar-refractivity contribution in [3.63, 3.8) is 0 Å². The molecule has 0 fully saturated rings. The van der Waals surface area contributed by atoms with E-state index in [2.05, 4.69) is 217 Å². The van der Waals surface area contributed by atoms with Gasteiger partial charge < -0.3 is 9.13 Å². The molecule has 0 radical (unpaired) electrons. The number of rotatable bonds is 9. The lowest BCUT2D eigenvalue weighted by molar-refractivity contribution is 0.959. The normalized spacial score (nSPS) is 12.4. The van der Waals surface area contributed by atoms with Crippen LogP contribution in [0.3, 0.4) is 0 Å². The molecule has 0 atom stereocenters. The zero-order valence-corrected chi connectivity index (χ0v) is 30.8. The molecule has 54 heavy (non-hydrogen) atoms. The average Bonchev–Trinajstić information content (AvgIpc) is 3.75. The Morgan fingerprint density at radius 1 is 0.463 bits per heavy atom. The first-order valence-corrected chi connectivity index (χ1v) is 19.0. The van der Waals surface area contributed by atoms with Crippen molar-refractivity contribution < 1.29 is 0 Å². The molecular weight excluding hydrogens is 653 g/mol. The summed E-state index contributed by atoms with van der Waals surface area (Å²) >= 11 is 0. The lowest BCUT2D eigenvalue weighted by Gasteiger charge is -2.11. The van der Waals surface area contributed by atoms with Gasteiger partial charge in [-0.1, -0.05) is 147 Å². The Hall–Kier alpha value is -6.64. The number of aromatic nitrogens is 2. The number of allylic oxidation sites excluding steroid dienone is 6. The molecule has 2 heterocycles. The Labute approximate surface area is 317 Å². The maximum absolute atomic E-state index is 2.41. The fourth-order valence-corrected chi connectivity index (χ4v) is 8.00. The predicted octanol–water partition coefficient (Wildman–Crippen LogP) is 14.5. The van der Waals surface area contributed by atoms with Crippen molar-refractivity contribution in [1.29, 1.82) is 0 Å². The van der Waals surface area contributed by atoms with Crippen molar-refractivity contribution >= 4 is 49.2 Å². The van der Waals surface area contributed by atoms with E-state index in [0.29, 0.717) is 0 Å². The molecule has 9 rings (SSSR count). The highest BCUT2D eigenvalue weighted by molar-refractivity contribution is 6.12. The van der Waals surface area contributed by atoms with E-state index < -0.39 is 0 Å². The molecule has 7 aromatic carbocycles. The highest BCUT2D eigenvalue weighted by Crippen LogP contribution is 2.39. The summed E-state index contributed by atoms with van der Waals surface area (Å²) in [6.45, 7) is 4.32. The van der Waals surface area contributed by atoms with Gasteiger partial charge in [-0.2, -0.15) is 0 Å². The molecule has 2 nitrogen and oxygen atoms in total. The number of para-hydroxylation sites is 2. The van der Waals surface area contributed by atoms with Gasteiger partial charge >= 0.3 is 0 Å². The third-order valence-corrected chi connectivity index (χ3v) is 10.6. The zero-order chi connectivity index (χ0) is 36.4. The summed E-state index contributed by atoms with van der Waals surface area (Å²) < 4.78 is 4.82. The lowest BCUT2D eigenvalue weighted by atomic mass is 10.0. The maximum atomic E-state index is 2.41. The fourth-order valence-electron chi connectivity index (χ4n) is 8.00. The van der Waals surface area contributed by atoms with E-state index >= 15 is 0 Å². The van der Waals surface area contributed by atoms with Gasteiger partial charge in [-0.3, -0.25) is 0 Å². The van der Waals surface area contributed by atoms with E-state index in [1.807, 2.05) is 0 Å². The van der Waals surface area contributed by atoms with E-state index in [1.54, 1.807) is 0 Å². The van der Waals surface area contributed by atoms with Gasteiger partial charge in [-0.05, 0) is 107 Å². The molecule has 0 aliphatic carbocycles. The first-order chi connectivity index (χ1) is 26.7. The molecule has 0 aliphatic heterocycles. The maximum Gasteiger partial charge on any atom is 0.0541 e. The second kappa shape index (κ2) is 14.4. The summed E-state index contributed by atoms with van der Waals surface area (Å²) in [5.41, 5.74) is 14.4. The van der Waals surface area contributed by atoms with E-state index in [1.165, 1.54) is 77.0 Å². The summed E-state index contributed by atoms with van der Waals surface area (Å²) in [5, 5.41) is 5.01. The van der Waals surface area contributed by atoms with Gasteiger partial charge in [0.1, 0.15) is 0 Å². The van der Waals surface area contributed by atoms with Crippen molar-refractivity contribution in [2.24, 2.45) is 0 Å². The van der Waals surface area contributed by atoms with Gasteiger partial charge in [0.15, 0.2) is 0 Å². The smallest absolute Gasteiger partial charge is 0.0541 e. The zero-order valence-electron chi connectivity index (χ0n) is 30.8. The van der Waals surface area contributed by atoms with E-state index in [9.17, 15) is 0 Å². The number of hydrogen-bond acceptors (Lipinski definition) is 0. The summed E-state index contributed by atoms with van der Waals surface area (Å²) in [6.07, 6.45) is 13.2. The topological polar surface area (TPSA) is 9.86 Å². The van der Waals surface area contributed by atoms with Crippen LogP contribution in [0.2, 0.25) is 0 Å². The molecule has 0 aliphatic rings. The Bertz CT molecular complexity index is 2890. The van der Waals surface area contributed by atoms with Crippen molar-refractivity contribution in [1.82, 2.24) is 9.13 Å². The third kappa shape index (κ3) is 5.96. The van der Waals surface area contributed by atoms with Crippen LogP contribution in [0.1, 0.15) is 32.3 Å². The molecule has 0 bridgehead atoms. The van der Waals surface area contributed by atoms with Crippen LogP contribution in [-0.4, -0.2) is 9.13 Å². The summed E-state index contributed by atoms with van der Waals surface area (Å²) in [6, 6.07) is 59.9. The van der Waals surface area contributed by atoms with E-state index in [-0.39, 0.29) is 0 Å². The Morgan fingerprint density at radius 2 is 1.00 bits per heavy atom. The summed E-state index contributed by atoms with van der Waals surface area (Å²) in [5.74, 6) is 0. The van der Waals surface area contributed by atoms with Gasteiger partial charge in [0, 0.05) is 32.9 Å². The molecule has 0 amide bonds. The molecule has 2 aromatic heterocycles. The standard InChI is InChI=1S/C52H42N2/c1-3-5-6-7-9-18-37(4-2)39-21-16-23-43(33-39)53-49-27-14-12-25-45(49)47-35-41(29-31-51(47)53)42-30-32-52-48(36-42)46-26-13-15-28-50(46)54(52)44-24-17-22-40(34-44)38-19-10-8-11-20-38/h4,6-36H,3,5H2,1-2H3/b7-6+,18-9-,37-4+. The molecule has 9 aromatic rings. The van der Waals surface area contributed by atoms with E-state index in [4.69, 9.17) is 0 Å². The van der Waals surface area contributed by atoms with Crippen LogP contribution < -0.4 is 0 Å². The quantitative estimate of drug-likeness (QED) is 0.133. The third-order valence-electron chi connectivity index (χ3n) is 10.6.